The summed E-state index contributed by atoms with van der Waals surface area (Å²) in [5.41, 5.74) is 6.05. The Morgan fingerprint density at radius 3 is 2.10 bits per heavy atom. The molecule has 0 heterocycles. The van der Waals surface area contributed by atoms with E-state index in [1.54, 1.807) is 0 Å². The third kappa shape index (κ3) is 1.06. The van der Waals surface area contributed by atoms with Gasteiger partial charge in [0.2, 0.25) is 0 Å². The minimum atomic E-state index is 0.00694. The summed E-state index contributed by atoms with van der Waals surface area (Å²) >= 11 is 0. The Balaban J connectivity index is 2.51. The van der Waals surface area contributed by atoms with Gasteiger partial charge >= 0.3 is 0 Å². The van der Waals surface area contributed by atoms with Gasteiger partial charge in [0.25, 0.3) is 0 Å². The van der Waals surface area contributed by atoms with Crippen LogP contribution >= 0.6 is 0 Å². The molecule has 0 aromatic heterocycles. The van der Waals surface area contributed by atoms with Crippen molar-refractivity contribution in [3.05, 3.63) is 0 Å². The molecule has 1 rings (SSSR count). The van der Waals surface area contributed by atoms with Crippen LogP contribution in [0.3, 0.4) is 0 Å². The van der Waals surface area contributed by atoms with Gasteiger partial charge in [0.1, 0.15) is 0 Å². The summed E-state index contributed by atoms with van der Waals surface area (Å²) in [7, 11) is 0. The van der Waals surface area contributed by atoms with E-state index in [-0.39, 0.29) is 18.1 Å². The quantitative estimate of drug-likeness (QED) is 0.612. The number of nitrogens with two attached hydrogens (primary N) is 1. The van der Waals surface area contributed by atoms with E-state index in [4.69, 9.17) is 10.8 Å². The van der Waals surface area contributed by atoms with Gasteiger partial charge in [0.05, 0.1) is 6.61 Å². The Labute approximate surface area is 62.4 Å². The minimum absolute atomic E-state index is 0.00694. The first-order chi connectivity index (χ1) is 4.63. The number of hydrogen-bond acceptors (Lipinski definition) is 2. The third-order valence-electron chi connectivity index (χ3n) is 2.91. The van der Waals surface area contributed by atoms with Crippen molar-refractivity contribution in [3.63, 3.8) is 0 Å². The van der Waals surface area contributed by atoms with Crippen LogP contribution in [0.1, 0.15) is 26.7 Å². The zero-order valence-corrected chi connectivity index (χ0v) is 6.80. The third-order valence-corrected chi connectivity index (χ3v) is 2.91. The van der Waals surface area contributed by atoms with E-state index < -0.39 is 0 Å². The second-order valence-corrected chi connectivity index (χ2v) is 3.68. The van der Waals surface area contributed by atoms with Gasteiger partial charge in [0.15, 0.2) is 0 Å². The van der Waals surface area contributed by atoms with E-state index >= 15 is 0 Å². The molecule has 0 amide bonds. The van der Waals surface area contributed by atoms with Crippen LogP contribution in [0.2, 0.25) is 0 Å². The van der Waals surface area contributed by atoms with Crippen LogP contribution in [0.25, 0.3) is 0 Å². The molecular weight excluding hydrogens is 126 g/mol. The van der Waals surface area contributed by atoms with E-state index in [1.165, 1.54) is 12.8 Å². The van der Waals surface area contributed by atoms with Crippen LogP contribution in [0.5, 0.6) is 0 Å². The molecular formula is C8H17NO. The van der Waals surface area contributed by atoms with Crippen molar-refractivity contribution in [3.8, 4) is 0 Å². The van der Waals surface area contributed by atoms with Crippen LogP contribution < -0.4 is 5.73 Å². The molecule has 1 fully saturated rings. The van der Waals surface area contributed by atoms with Crippen LogP contribution in [0.4, 0.5) is 0 Å². The van der Waals surface area contributed by atoms with Crippen molar-refractivity contribution in [2.24, 2.45) is 17.1 Å². The lowest BCUT2D eigenvalue weighted by Crippen LogP contribution is -2.38. The molecule has 10 heavy (non-hydrogen) atoms. The Bertz CT molecular complexity index is 118. The molecule has 0 aliphatic heterocycles. The van der Waals surface area contributed by atoms with Gasteiger partial charge in [-0.25, -0.2) is 0 Å². The fourth-order valence-electron chi connectivity index (χ4n) is 1.70. The summed E-state index contributed by atoms with van der Waals surface area (Å²) < 4.78 is 0. The van der Waals surface area contributed by atoms with E-state index in [0.717, 1.165) is 0 Å². The van der Waals surface area contributed by atoms with Crippen molar-refractivity contribution in [1.29, 1.82) is 0 Å². The summed E-state index contributed by atoms with van der Waals surface area (Å²) in [5.74, 6) is 0.620. The van der Waals surface area contributed by atoms with Gasteiger partial charge in [-0.2, -0.15) is 0 Å². The average Bonchev–Trinajstić information content (AvgIpc) is 2.65. The van der Waals surface area contributed by atoms with E-state index in [0.29, 0.717) is 5.92 Å². The van der Waals surface area contributed by atoms with Crippen LogP contribution in [0, 0.1) is 11.3 Å². The van der Waals surface area contributed by atoms with Gasteiger partial charge in [-0.05, 0) is 24.2 Å². The molecule has 0 aromatic carbocycles. The summed E-state index contributed by atoms with van der Waals surface area (Å²) in [6.07, 6.45) is 2.40. The molecule has 2 heteroatoms. The zero-order valence-electron chi connectivity index (χ0n) is 6.80. The van der Waals surface area contributed by atoms with Gasteiger partial charge in [0, 0.05) is 6.04 Å². The van der Waals surface area contributed by atoms with E-state index in [1.807, 2.05) is 0 Å². The molecule has 0 saturated heterocycles. The topological polar surface area (TPSA) is 46.2 Å². The number of hydrogen-bond donors (Lipinski definition) is 2. The number of rotatable bonds is 3. The van der Waals surface area contributed by atoms with Crippen LogP contribution in [0.15, 0.2) is 0 Å². The van der Waals surface area contributed by atoms with E-state index in [2.05, 4.69) is 13.8 Å². The summed E-state index contributed by atoms with van der Waals surface area (Å²) in [5, 5.41) is 8.83. The first-order valence-electron chi connectivity index (χ1n) is 4.00. The van der Waals surface area contributed by atoms with Gasteiger partial charge in [-0.1, -0.05) is 13.8 Å². The molecule has 0 aromatic rings. The van der Waals surface area contributed by atoms with Crippen molar-refractivity contribution in [2.45, 2.75) is 32.7 Å². The zero-order chi connectivity index (χ0) is 7.78. The summed E-state index contributed by atoms with van der Waals surface area (Å²) in [4.78, 5) is 0. The fraction of sp³-hybridized carbons (Fsp3) is 1.00. The van der Waals surface area contributed by atoms with Crippen molar-refractivity contribution in [1.82, 2.24) is 0 Å². The second-order valence-electron chi connectivity index (χ2n) is 3.68. The Hall–Kier alpha value is -0.0800. The van der Waals surface area contributed by atoms with Gasteiger partial charge < -0.3 is 10.8 Å². The largest absolute Gasteiger partial charge is 0.395 e. The lowest BCUT2D eigenvalue weighted by molar-refractivity contribution is 0.184. The molecule has 3 N–H and O–H groups in total. The van der Waals surface area contributed by atoms with Gasteiger partial charge in [-0.3, -0.25) is 0 Å². The smallest absolute Gasteiger partial charge is 0.0588 e. The maximum atomic E-state index is 8.83. The monoisotopic (exact) mass is 143 g/mol. The molecule has 1 atom stereocenters. The first kappa shape index (κ1) is 8.02. The van der Waals surface area contributed by atoms with Crippen molar-refractivity contribution < 1.29 is 5.11 Å². The molecule has 1 aliphatic rings. The first-order valence-corrected chi connectivity index (χ1v) is 4.00. The number of aliphatic hydroxyl groups is 1. The predicted octanol–water partition coefficient (Wildman–Crippen LogP) is 0.742. The minimum Gasteiger partial charge on any atom is -0.395 e. The molecule has 60 valence electrons. The highest BCUT2D eigenvalue weighted by Crippen LogP contribution is 2.53. The lowest BCUT2D eigenvalue weighted by Gasteiger charge is -2.25. The lowest BCUT2D eigenvalue weighted by atomic mass is 9.86. The Kier molecular flexibility index (Phi) is 2.02. The SMILES string of the molecule is CC(C)C1(C(N)CO)CC1. The summed E-state index contributed by atoms with van der Waals surface area (Å²) in [6.45, 7) is 4.50. The molecule has 1 unspecified atom stereocenters. The standard InChI is InChI=1S/C8H17NO/c1-6(2)8(3-4-8)7(9)5-10/h6-7,10H,3-5,9H2,1-2H3. The molecule has 0 radical (unpaired) electrons. The second kappa shape index (κ2) is 2.51. The normalized spacial score (nSPS) is 24.9. The van der Waals surface area contributed by atoms with Crippen molar-refractivity contribution in [2.75, 3.05) is 6.61 Å². The Morgan fingerprint density at radius 1 is 1.50 bits per heavy atom. The maximum Gasteiger partial charge on any atom is 0.0588 e. The fourth-order valence-corrected chi connectivity index (χ4v) is 1.70. The highest BCUT2D eigenvalue weighted by atomic mass is 16.3. The molecule has 1 saturated carbocycles. The average molecular weight is 143 g/mol. The highest BCUT2D eigenvalue weighted by Gasteiger charge is 2.49. The van der Waals surface area contributed by atoms with E-state index in [9.17, 15) is 0 Å². The predicted molar refractivity (Wildman–Crippen MR) is 41.6 cm³/mol. The van der Waals surface area contributed by atoms with Crippen LogP contribution in [-0.2, 0) is 0 Å². The number of aliphatic hydroxyl groups excluding tert-OH is 1. The maximum absolute atomic E-state index is 8.83. The molecule has 0 spiro atoms. The Morgan fingerprint density at radius 2 is 2.00 bits per heavy atom. The summed E-state index contributed by atoms with van der Waals surface area (Å²) in [6, 6.07) is 0.00694. The van der Waals surface area contributed by atoms with Crippen molar-refractivity contribution >= 4 is 0 Å². The van der Waals surface area contributed by atoms with Gasteiger partial charge in [-0.15, -0.1) is 0 Å². The molecule has 2 nitrogen and oxygen atoms in total. The molecule has 0 bridgehead atoms. The van der Waals surface area contributed by atoms with Crippen LogP contribution in [-0.4, -0.2) is 17.8 Å². The highest BCUT2D eigenvalue weighted by molar-refractivity contribution is 5.02. The molecule has 1 aliphatic carbocycles.